The summed E-state index contributed by atoms with van der Waals surface area (Å²) in [5, 5.41) is 9.01. The second-order valence-electron chi connectivity index (χ2n) is 2.66. The molecule has 0 amide bonds. The molecule has 0 spiro atoms. The van der Waals surface area contributed by atoms with Gasteiger partial charge >= 0.3 is 0 Å². The standard InChI is InChI=1S/C7H14O2S/c1-9-7(6-8)2-4-10-5-3-7/h8H,2-6H2,1H3. The first kappa shape index (κ1) is 8.37. The average Bonchev–Trinajstić information content (AvgIpc) is 2.06. The van der Waals surface area contributed by atoms with E-state index >= 15 is 0 Å². The Balaban J connectivity index is 2.44. The van der Waals surface area contributed by atoms with E-state index in [1.807, 2.05) is 11.8 Å². The SMILES string of the molecule is COC1(CO)CCSCC1. The maximum atomic E-state index is 9.01. The molecule has 1 heterocycles. The molecule has 0 aromatic carbocycles. The molecule has 60 valence electrons. The number of hydrogen-bond donors (Lipinski definition) is 1. The molecule has 0 aliphatic carbocycles. The van der Waals surface area contributed by atoms with Crippen molar-refractivity contribution in [3.63, 3.8) is 0 Å². The van der Waals surface area contributed by atoms with Crippen LogP contribution >= 0.6 is 11.8 Å². The predicted molar refractivity (Wildman–Crippen MR) is 43.4 cm³/mol. The molecule has 1 N–H and O–H groups in total. The summed E-state index contributed by atoms with van der Waals surface area (Å²) in [4.78, 5) is 0. The smallest absolute Gasteiger partial charge is 0.0924 e. The molecule has 1 saturated heterocycles. The van der Waals surface area contributed by atoms with Gasteiger partial charge in [0.1, 0.15) is 0 Å². The maximum absolute atomic E-state index is 9.01. The van der Waals surface area contributed by atoms with E-state index in [4.69, 9.17) is 9.84 Å². The molecule has 1 aliphatic rings. The second kappa shape index (κ2) is 3.60. The quantitative estimate of drug-likeness (QED) is 0.654. The zero-order chi connectivity index (χ0) is 7.45. The Kier molecular flexibility index (Phi) is 3.01. The van der Waals surface area contributed by atoms with Gasteiger partial charge in [0, 0.05) is 7.11 Å². The number of aliphatic hydroxyl groups is 1. The highest BCUT2D eigenvalue weighted by Gasteiger charge is 2.30. The van der Waals surface area contributed by atoms with Gasteiger partial charge in [0.25, 0.3) is 0 Å². The van der Waals surface area contributed by atoms with Crippen LogP contribution in [0.4, 0.5) is 0 Å². The molecule has 3 heteroatoms. The number of aliphatic hydroxyl groups excluding tert-OH is 1. The van der Waals surface area contributed by atoms with Gasteiger partial charge in [-0.05, 0) is 24.3 Å². The molecule has 0 radical (unpaired) electrons. The second-order valence-corrected chi connectivity index (χ2v) is 3.88. The average molecular weight is 162 g/mol. The number of thioether (sulfide) groups is 1. The molecule has 1 fully saturated rings. The van der Waals surface area contributed by atoms with Gasteiger partial charge in [-0.1, -0.05) is 0 Å². The minimum absolute atomic E-state index is 0.171. The number of hydrogen-bond acceptors (Lipinski definition) is 3. The minimum Gasteiger partial charge on any atom is -0.393 e. The highest BCUT2D eigenvalue weighted by atomic mass is 32.2. The van der Waals surface area contributed by atoms with E-state index in [2.05, 4.69) is 0 Å². The van der Waals surface area contributed by atoms with E-state index in [0.29, 0.717) is 0 Å². The summed E-state index contributed by atoms with van der Waals surface area (Å²) < 4.78 is 5.26. The maximum Gasteiger partial charge on any atom is 0.0924 e. The molecule has 2 nitrogen and oxygen atoms in total. The van der Waals surface area contributed by atoms with Crippen molar-refractivity contribution in [3.05, 3.63) is 0 Å². The van der Waals surface area contributed by atoms with Gasteiger partial charge in [0.2, 0.25) is 0 Å². The van der Waals surface area contributed by atoms with Gasteiger partial charge in [-0.15, -0.1) is 0 Å². The van der Waals surface area contributed by atoms with E-state index in [1.165, 1.54) is 0 Å². The minimum atomic E-state index is -0.203. The normalized spacial score (nSPS) is 24.6. The summed E-state index contributed by atoms with van der Waals surface area (Å²) in [7, 11) is 1.69. The fraction of sp³-hybridized carbons (Fsp3) is 1.00. The van der Waals surface area contributed by atoms with Crippen molar-refractivity contribution in [1.29, 1.82) is 0 Å². The van der Waals surface area contributed by atoms with Crippen LogP contribution in [0.3, 0.4) is 0 Å². The largest absolute Gasteiger partial charge is 0.393 e. The lowest BCUT2D eigenvalue weighted by molar-refractivity contribution is -0.0570. The molecule has 0 aromatic heterocycles. The van der Waals surface area contributed by atoms with Crippen molar-refractivity contribution >= 4 is 11.8 Å². The lowest BCUT2D eigenvalue weighted by Crippen LogP contribution is -2.39. The van der Waals surface area contributed by atoms with E-state index in [0.717, 1.165) is 24.3 Å². The lowest BCUT2D eigenvalue weighted by Gasteiger charge is -2.33. The van der Waals surface area contributed by atoms with Gasteiger partial charge in [0.05, 0.1) is 12.2 Å². The van der Waals surface area contributed by atoms with Crippen LogP contribution < -0.4 is 0 Å². The van der Waals surface area contributed by atoms with E-state index in [9.17, 15) is 0 Å². The van der Waals surface area contributed by atoms with Crippen molar-refractivity contribution in [2.45, 2.75) is 18.4 Å². The molecule has 1 rings (SSSR count). The third kappa shape index (κ3) is 1.65. The van der Waals surface area contributed by atoms with E-state index in [-0.39, 0.29) is 12.2 Å². The molecule has 0 saturated carbocycles. The number of methoxy groups -OCH3 is 1. The first-order valence-corrected chi connectivity index (χ1v) is 4.72. The fourth-order valence-corrected chi connectivity index (χ4v) is 2.41. The van der Waals surface area contributed by atoms with Gasteiger partial charge in [0.15, 0.2) is 0 Å². The number of ether oxygens (including phenoxy) is 1. The zero-order valence-electron chi connectivity index (χ0n) is 6.30. The van der Waals surface area contributed by atoms with Crippen LogP contribution in [-0.2, 0) is 4.74 Å². The monoisotopic (exact) mass is 162 g/mol. The van der Waals surface area contributed by atoms with E-state index in [1.54, 1.807) is 7.11 Å². The Morgan fingerprint density at radius 2 is 2.10 bits per heavy atom. The molecule has 0 aromatic rings. The van der Waals surface area contributed by atoms with Gasteiger partial charge in [-0.2, -0.15) is 11.8 Å². The molecule has 1 aliphatic heterocycles. The third-order valence-electron chi connectivity index (χ3n) is 2.13. The molecule has 0 bridgehead atoms. The predicted octanol–water partition coefficient (Wildman–Crippen LogP) is 0.891. The Morgan fingerprint density at radius 3 is 2.40 bits per heavy atom. The molecular formula is C7H14O2S. The van der Waals surface area contributed by atoms with Gasteiger partial charge in [-0.3, -0.25) is 0 Å². The van der Waals surface area contributed by atoms with Crippen molar-refractivity contribution < 1.29 is 9.84 Å². The van der Waals surface area contributed by atoms with Gasteiger partial charge < -0.3 is 9.84 Å². The highest BCUT2D eigenvalue weighted by molar-refractivity contribution is 7.99. The van der Waals surface area contributed by atoms with Gasteiger partial charge in [-0.25, -0.2) is 0 Å². The molecule has 0 unspecified atom stereocenters. The van der Waals surface area contributed by atoms with E-state index < -0.39 is 0 Å². The fourth-order valence-electron chi connectivity index (χ4n) is 1.17. The topological polar surface area (TPSA) is 29.5 Å². The molecule has 10 heavy (non-hydrogen) atoms. The summed E-state index contributed by atoms with van der Waals surface area (Å²) in [6, 6.07) is 0. The summed E-state index contributed by atoms with van der Waals surface area (Å²) in [6.07, 6.45) is 1.98. The first-order chi connectivity index (χ1) is 4.83. The van der Waals surface area contributed by atoms with Crippen molar-refractivity contribution in [2.24, 2.45) is 0 Å². The molecule has 0 atom stereocenters. The Hall–Kier alpha value is 0.270. The van der Waals surface area contributed by atoms with Crippen molar-refractivity contribution in [2.75, 3.05) is 25.2 Å². The van der Waals surface area contributed by atoms with Crippen LogP contribution in [0.15, 0.2) is 0 Å². The first-order valence-electron chi connectivity index (χ1n) is 3.57. The zero-order valence-corrected chi connectivity index (χ0v) is 7.12. The Labute approximate surface area is 66.0 Å². The summed E-state index contributed by atoms with van der Waals surface area (Å²) in [5.41, 5.74) is -0.203. The van der Waals surface area contributed by atoms with Crippen LogP contribution in [0.2, 0.25) is 0 Å². The van der Waals surface area contributed by atoms with Crippen molar-refractivity contribution in [1.82, 2.24) is 0 Å². The Bertz CT molecular complexity index is 93.8. The van der Waals surface area contributed by atoms with Crippen LogP contribution in [-0.4, -0.2) is 35.9 Å². The Morgan fingerprint density at radius 1 is 1.50 bits per heavy atom. The summed E-state index contributed by atoms with van der Waals surface area (Å²) in [5.74, 6) is 2.24. The summed E-state index contributed by atoms with van der Waals surface area (Å²) >= 11 is 1.94. The van der Waals surface area contributed by atoms with Crippen LogP contribution in [0.25, 0.3) is 0 Å². The highest BCUT2D eigenvalue weighted by Crippen LogP contribution is 2.28. The summed E-state index contributed by atoms with van der Waals surface area (Å²) in [6.45, 7) is 0.171. The number of rotatable bonds is 2. The van der Waals surface area contributed by atoms with Crippen LogP contribution in [0, 0.1) is 0 Å². The molecular weight excluding hydrogens is 148 g/mol. The third-order valence-corrected chi connectivity index (χ3v) is 3.11. The van der Waals surface area contributed by atoms with Crippen molar-refractivity contribution in [3.8, 4) is 0 Å². The van der Waals surface area contributed by atoms with Crippen LogP contribution in [0.1, 0.15) is 12.8 Å². The lowest BCUT2D eigenvalue weighted by atomic mass is 9.98. The van der Waals surface area contributed by atoms with Crippen LogP contribution in [0.5, 0.6) is 0 Å².